The molecule has 2 amide bonds. The molecule has 1 atom stereocenters. The fourth-order valence-electron chi connectivity index (χ4n) is 2.70. The van der Waals surface area contributed by atoms with E-state index in [9.17, 15) is 22.8 Å². The monoisotopic (exact) mass is 380 g/mol. The van der Waals surface area contributed by atoms with E-state index in [0.29, 0.717) is 11.6 Å². The Morgan fingerprint density at radius 2 is 1.92 bits per heavy atom. The van der Waals surface area contributed by atoms with E-state index in [1.165, 1.54) is 24.4 Å². The van der Waals surface area contributed by atoms with Crippen molar-refractivity contribution in [3.63, 3.8) is 0 Å². The molecule has 0 fully saturated rings. The number of halogens is 4. The van der Waals surface area contributed by atoms with Crippen molar-refractivity contribution >= 4 is 29.1 Å². The predicted octanol–water partition coefficient (Wildman–Crippen LogP) is 3.88. The van der Waals surface area contributed by atoms with Gasteiger partial charge in [-0.25, -0.2) is 13.2 Å². The van der Waals surface area contributed by atoms with Gasteiger partial charge in [-0.1, -0.05) is 23.7 Å². The van der Waals surface area contributed by atoms with E-state index in [0.717, 1.165) is 6.07 Å². The average Bonchev–Trinajstić information content (AvgIpc) is 2.57. The first-order valence-electron chi connectivity index (χ1n) is 7.56. The Kier molecular flexibility index (Phi) is 4.99. The van der Waals surface area contributed by atoms with Crippen LogP contribution in [0.2, 0.25) is 5.02 Å². The first-order chi connectivity index (χ1) is 12.3. The third kappa shape index (κ3) is 3.72. The quantitative estimate of drug-likeness (QED) is 0.849. The minimum atomic E-state index is -1.04. The summed E-state index contributed by atoms with van der Waals surface area (Å²) in [5.41, 5.74) is 0.135. The summed E-state index contributed by atoms with van der Waals surface area (Å²) in [6, 6.07) is 6.95. The molecule has 1 aliphatic heterocycles. The van der Waals surface area contributed by atoms with Crippen molar-refractivity contribution in [2.75, 3.05) is 5.32 Å². The lowest BCUT2D eigenvalue weighted by Gasteiger charge is -2.24. The first-order valence-corrected chi connectivity index (χ1v) is 7.93. The maximum Gasteiger partial charge on any atom is 0.253 e. The van der Waals surface area contributed by atoms with Crippen LogP contribution in [0.5, 0.6) is 0 Å². The van der Waals surface area contributed by atoms with Crippen LogP contribution >= 0.6 is 11.6 Å². The summed E-state index contributed by atoms with van der Waals surface area (Å²) >= 11 is 5.78. The van der Waals surface area contributed by atoms with E-state index < -0.39 is 29.3 Å². The Labute approximate surface area is 151 Å². The molecule has 0 spiro atoms. The van der Waals surface area contributed by atoms with Crippen molar-refractivity contribution < 1.29 is 22.8 Å². The second kappa shape index (κ2) is 7.21. The molecule has 1 aliphatic rings. The number of rotatable bonds is 3. The summed E-state index contributed by atoms with van der Waals surface area (Å²) in [7, 11) is 0. The highest BCUT2D eigenvalue weighted by atomic mass is 35.5. The molecule has 0 bridgehead atoms. The van der Waals surface area contributed by atoms with Crippen molar-refractivity contribution in [3.05, 3.63) is 76.2 Å². The highest BCUT2D eigenvalue weighted by Gasteiger charge is 2.30. The minimum Gasteiger partial charge on any atom is -0.332 e. The topological polar surface area (TPSA) is 58.2 Å². The molecule has 0 aromatic heterocycles. The number of hydrogen-bond donors (Lipinski definition) is 2. The molecule has 3 rings (SSSR count). The van der Waals surface area contributed by atoms with Gasteiger partial charge < -0.3 is 10.6 Å². The molecule has 2 aromatic rings. The number of carbonyl (C=O) groups is 2. The zero-order valence-electron chi connectivity index (χ0n) is 13.2. The van der Waals surface area contributed by atoms with Crippen LogP contribution < -0.4 is 10.6 Å². The molecule has 1 unspecified atom stereocenters. The van der Waals surface area contributed by atoms with Crippen LogP contribution in [-0.4, -0.2) is 11.8 Å². The number of anilines is 1. The van der Waals surface area contributed by atoms with Crippen molar-refractivity contribution in [1.29, 1.82) is 0 Å². The third-order valence-electron chi connectivity index (χ3n) is 3.91. The SMILES string of the molecule is O=C1CC(c2cccc(F)c2)C(C(=O)Nc2c(F)cc(F)cc2Cl)=CN1. The van der Waals surface area contributed by atoms with Crippen molar-refractivity contribution in [2.45, 2.75) is 12.3 Å². The number of amides is 2. The van der Waals surface area contributed by atoms with Gasteiger partial charge in [0.15, 0.2) is 5.82 Å². The maximum atomic E-state index is 13.9. The summed E-state index contributed by atoms with van der Waals surface area (Å²) in [6.45, 7) is 0. The van der Waals surface area contributed by atoms with E-state index in [4.69, 9.17) is 11.6 Å². The van der Waals surface area contributed by atoms with E-state index in [-0.39, 0.29) is 28.6 Å². The Bertz CT molecular complexity index is 907. The van der Waals surface area contributed by atoms with Gasteiger partial charge in [0.1, 0.15) is 11.6 Å². The molecule has 2 N–H and O–H groups in total. The number of carbonyl (C=O) groups excluding carboxylic acids is 2. The van der Waals surface area contributed by atoms with Gasteiger partial charge in [-0.2, -0.15) is 0 Å². The summed E-state index contributed by atoms with van der Waals surface area (Å²) in [5, 5.41) is 4.38. The molecule has 2 aromatic carbocycles. The standard InChI is InChI=1S/C18H12ClF3N2O2/c19-14-5-11(21)6-15(22)17(14)24-18(26)13-8-23-16(25)7-12(13)9-2-1-3-10(20)4-9/h1-6,8,12H,7H2,(H,23,25)(H,24,26). The molecule has 4 nitrogen and oxygen atoms in total. The van der Waals surface area contributed by atoms with Gasteiger partial charge in [-0.05, 0) is 23.8 Å². The summed E-state index contributed by atoms with van der Waals surface area (Å²) in [6.07, 6.45) is 1.11. The lowest BCUT2D eigenvalue weighted by atomic mass is 9.86. The van der Waals surface area contributed by atoms with E-state index in [1.807, 2.05) is 0 Å². The van der Waals surface area contributed by atoms with Crippen LogP contribution in [0.4, 0.5) is 18.9 Å². The van der Waals surface area contributed by atoms with Crippen molar-refractivity contribution in [3.8, 4) is 0 Å². The Balaban J connectivity index is 1.93. The molecule has 8 heteroatoms. The smallest absolute Gasteiger partial charge is 0.253 e. The van der Waals surface area contributed by atoms with Gasteiger partial charge in [0.25, 0.3) is 5.91 Å². The zero-order chi connectivity index (χ0) is 18.8. The van der Waals surface area contributed by atoms with Gasteiger partial charge >= 0.3 is 0 Å². The van der Waals surface area contributed by atoms with E-state index in [1.54, 1.807) is 6.07 Å². The minimum absolute atomic E-state index is 0.0810. The highest BCUT2D eigenvalue weighted by molar-refractivity contribution is 6.34. The predicted molar refractivity (Wildman–Crippen MR) is 90.0 cm³/mol. The maximum absolute atomic E-state index is 13.9. The largest absolute Gasteiger partial charge is 0.332 e. The van der Waals surface area contributed by atoms with Crippen LogP contribution in [0.25, 0.3) is 0 Å². The van der Waals surface area contributed by atoms with Crippen LogP contribution in [-0.2, 0) is 9.59 Å². The Morgan fingerprint density at radius 3 is 2.62 bits per heavy atom. The van der Waals surface area contributed by atoms with E-state index >= 15 is 0 Å². The lowest BCUT2D eigenvalue weighted by molar-refractivity contribution is -0.121. The van der Waals surface area contributed by atoms with Gasteiger partial charge in [0.2, 0.25) is 5.91 Å². The Morgan fingerprint density at radius 1 is 1.15 bits per heavy atom. The molecule has 0 saturated carbocycles. The summed E-state index contributed by atoms with van der Waals surface area (Å²) in [4.78, 5) is 24.3. The molecule has 134 valence electrons. The second-order valence-corrected chi connectivity index (χ2v) is 6.08. The van der Waals surface area contributed by atoms with Crippen LogP contribution in [0.1, 0.15) is 17.9 Å². The van der Waals surface area contributed by atoms with Gasteiger partial charge in [0.05, 0.1) is 10.7 Å². The highest BCUT2D eigenvalue weighted by Crippen LogP contribution is 2.33. The Hall–Kier alpha value is -2.80. The fraction of sp³-hybridized carbons (Fsp3) is 0.111. The summed E-state index contributed by atoms with van der Waals surface area (Å²) in [5.74, 6) is -4.24. The van der Waals surface area contributed by atoms with Crippen molar-refractivity contribution in [2.24, 2.45) is 0 Å². The van der Waals surface area contributed by atoms with Crippen LogP contribution in [0.3, 0.4) is 0 Å². The van der Waals surface area contributed by atoms with Gasteiger partial charge in [-0.15, -0.1) is 0 Å². The second-order valence-electron chi connectivity index (χ2n) is 5.68. The lowest BCUT2D eigenvalue weighted by Crippen LogP contribution is -2.32. The zero-order valence-corrected chi connectivity index (χ0v) is 13.9. The molecule has 0 saturated heterocycles. The third-order valence-corrected chi connectivity index (χ3v) is 4.21. The van der Waals surface area contributed by atoms with E-state index in [2.05, 4.69) is 10.6 Å². The average molecular weight is 381 g/mol. The molecule has 1 heterocycles. The van der Waals surface area contributed by atoms with Crippen molar-refractivity contribution in [1.82, 2.24) is 5.32 Å². The molecular weight excluding hydrogens is 369 g/mol. The number of hydrogen-bond acceptors (Lipinski definition) is 2. The molecule has 26 heavy (non-hydrogen) atoms. The normalized spacial score (nSPS) is 16.7. The first kappa shape index (κ1) is 18.0. The summed E-state index contributed by atoms with van der Waals surface area (Å²) < 4.78 is 40.5. The van der Waals surface area contributed by atoms with Crippen LogP contribution in [0.15, 0.2) is 48.2 Å². The molecule has 0 aliphatic carbocycles. The van der Waals surface area contributed by atoms with Gasteiger partial charge in [0, 0.05) is 30.2 Å². The van der Waals surface area contributed by atoms with Crippen LogP contribution in [0, 0.1) is 17.5 Å². The fourth-order valence-corrected chi connectivity index (χ4v) is 2.95. The number of benzene rings is 2. The van der Waals surface area contributed by atoms with Gasteiger partial charge in [-0.3, -0.25) is 9.59 Å². The molecule has 0 radical (unpaired) electrons. The molecular formula is C18H12ClF3N2O2. The number of nitrogens with one attached hydrogen (secondary N) is 2.